The SMILES string of the molecule is CC[C@H](C)CN(CC(=O)N(Cc1ccccc1)Cc1ccc(C)s1)C(=O)Nc1ccc(OC)cc1OC. The first-order chi connectivity index (χ1) is 17.8. The molecular weight excluding hydrogens is 486 g/mol. The van der Waals surface area contributed by atoms with E-state index in [-0.39, 0.29) is 24.4 Å². The average molecular weight is 524 g/mol. The summed E-state index contributed by atoms with van der Waals surface area (Å²) in [4.78, 5) is 32.8. The Morgan fingerprint density at radius 3 is 2.35 bits per heavy atom. The monoisotopic (exact) mass is 523 g/mol. The maximum absolute atomic E-state index is 13.7. The highest BCUT2D eigenvalue weighted by Gasteiger charge is 2.24. The summed E-state index contributed by atoms with van der Waals surface area (Å²) < 4.78 is 10.7. The predicted molar refractivity (Wildman–Crippen MR) is 149 cm³/mol. The minimum absolute atomic E-state index is 0.0220. The number of nitrogens with one attached hydrogen (secondary N) is 1. The van der Waals surface area contributed by atoms with Crippen molar-refractivity contribution in [2.45, 2.75) is 40.3 Å². The smallest absolute Gasteiger partial charge is 0.322 e. The van der Waals surface area contributed by atoms with Crippen LogP contribution in [0.4, 0.5) is 10.5 Å². The van der Waals surface area contributed by atoms with Crippen molar-refractivity contribution in [3.63, 3.8) is 0 Å². The van der Waals surface area contributed by atoms with Crippen molar-refractivity contribution in [1.82, 2.24) is 9.80 Å². The number of ether oxygens (including phenoxy) is 2. The second-order valence-corrected chi connectivity index (χ2v) is 10.5. The second kappa shape index (κ2) is 13.7. The van der Waals surface area contributed by atoms with Gasteiger partial charge in [0.15, 0.2) is 0 Å². The molecule has 0 aliphatic carbocycles. The molecule has 198 valence electrons. The normalized spacial score (nSPS) is 11.5. The Kier molecular flexibility index (Phi) is 10.4. The fourth-order valence-electron chi connectivity index (χ4n) is 3.88. The van der Waals surface area contributed by atoms with Crippen LogP contribution in [0.3, 0.4) is 0 Å². The molecule has 0 bridgehead atoms. The van der Waals surface area contributed by atoms with Gasteiger partial charge in [-0.15, -0.1) is 11.3 Å². The van der Waals surface area contributed by atoms with Crippen molar-refractivity contribution in [1.29, 1.82) is 0 Å². The first-order valence-electron chi connectivity index (χ1n) is 12.5. The molecule has 3 rings (SSSR count). The molecule has 0 saturated carbocycles. The molecule has 37 heavy (non-hydrogen) atoms. The lowest BCUT2D eigenvalue weighted by molar-refractivity contribution is -0.133. The number of methoxy groups -OCH3 is 2. The minimum atomic E-state index is -0.344. The van der Waals surface area contributed by atoms with Gasteiger partial charge >= 0.3 is 6.03 Å². The molecule has 1 atom stereocenters. The zero-order chi connectivity index (χ0) is 26.8. The first kappa shape index (κ1) is 28.1. The highest BCUT2D eigenvalue weighted by Crippen LogP contribution is 2.29. The molecule has 0 saturated heterocycles. The standard InChI is InChI=1S/C29H37N3O4S/c1-6-21(2)17-32(29(34)30-26-15-13-24(35-4)16-27(26)36-5)20-28(33)31(18-23-10-8-7-9-11-23)19-25-14-12-22(3)37-25/h7-16,21H,6,17-20H2,1-5H3,(H,30,34)/t21-/m0/s1. The summed E-state index contributed by atoms with van der Waals surface area (Å²) in [5.41, 5.74) is 1.56. The Hall–Kier alpha value is -3.52. The maximum Gasteiger partial charge on any atom is 0.322 e. The van der Waals surface area contributed by atoms with Gasteiger partial charge in [0, 0.05) is 28.9 Å². The predicted octanol–water partition coefficient (Wildman–Crippen LogP) is 6.18. The van der Waals surface area contributed by atoms with E-state index in [4.69, 9.17) is 9.47 Å². The van der Waals surface area contributed by atoms with Crippen LogP contribution >= 0.6 is 11.3 Å². The van der Waals surface area contributed by atoms with E-state index in [0.29, 0.717) is 36.8 Å². The van der Waals surface area contributed by atoms with E-state index in [0.717, 1.165) is 16.9 Å². The molecule has 2 aromatic carbocycles. The van der Waals surface area contributed by atoms with Gasteiger partial charge in [0.1, 0.15) is 18.0 Å². The van der Waals surface area contributed by atoms with Crippen LogP contribution in [0.5, 0.6) is 11.5 Å². The van der Waals surface area contributed by atoms with Gasteiger partial charge in [0.25, 0.3) is 0 Å². The Morgan fingerprint density at radius 2 is 1.73 bits per heavy atom. The number of anilines is 1. The maximum atomic E-state index is 13.7. The molecule has 0 radical (unpaired) electrons. The number of aryl methyl sites for hydroxylation is 1. The van der Waals surface area contributed by atoms with Crippen LogP contribution in [0.2, 0.25) is 0 Å². The zero-order valence-electron chi connectivity index (χ0n) is 22.3. The molecule has 0 spiro atoms. The Bertz CT molecular complexity index is 1160. The van der Waals surface area contributed by atoms with Crippen molar-refractivity contribution in [3.05, 3.63) is 76.0 Å². The van der Waals surface area contributed by atoms with Gasteiger partial charge in [-0.05, 0) is 42.7 Å². The van der Waals surface area contributed by atoms with Crippen LogP contribution in [0.15, 0.2) is 60.7 Å². The molecule has 3 amide bonds. The molecule has 7 nitrogen and oxygen atoms in total. The molecule has 0 aliphatic heterocycles. The third-order valence-electron chi connectivity index (χ3n) is 6.20. The number of urea groups is 1. The van der Waals surface area contributed by atoms with Crippen LogP contribution in [0.25, 0.3) is 0 Å². The zero-order valence-corrected chi connectivity index (χ0v) is 23.1. The van der Waals surface area contributed by atoms with Crippen LogP contribution in [-0.2, 0) is 17.9 Å². The van der Waals surface area contributed by atoms with Crippen LogP contribution in [-0.4, -0.2) is 49.0 Å². The quantitative estimate of drug-likeness (QED) is 0.308. The number of hydrogen-bond acceptors (Lipinski definition) is 5. The van der Waals surface area contributed by atoms with E-state index in [9.17, 15) is 9.59 Å². The van der Waals surface area contributed by atoms with E-state index in [1.165, 1.54) is 4.88 Å². The largest absolute Gasteiger partial charge is 0.497 e. The van der Waals surface area contributed by atoms with Crippen molar-refractivity contribution >= 4 is 29.0 Å². The molecule has 1 N–H and O–H groups in total. The number of carbonyl (C=O) groups is 2. The fraction of sp³-hybridized carbons (Fsp3) is 0.379. The summed E-state index contributed by atoms with van der Waals surface area (Å²) in [6.45, 7) is 7.63. The van der Waals surface area contributed by atoms with Crippen LogP contribution in [0.1, 0.15) is 35.6 Å². The van der Waals surface area contributed by atoms with Gasteiger partial charge in [0.05, 0.1) is 26.5 Å². The number of thiophene rings is 1. The van der Waals surface area contributed by atoms with Gasteiger partial charge in [-0.25, -0.2) is 4.79 Å². The Labute approximate surface area is 224 Å². The molecule has 0 aliphatic rings. The van der Waals surface area contributed by atoms with E-state index in [1.807, 2.05) is 35.2 Å². The van der Waals surface area contributed by atoms with Crippen LogP contribution < -0.4 is 14.8 Å². The highest BCUT2D eigenvalue weighted by molar-refractivity contribution is 7.11. The van der Waals surface area contributed by atoms with Gasteiger partial charge in [-0.2, -0.15) is 0 Å². The van der Waals surface area contributed by atoms with E-state index < -0.39 is 0 Å². The number of benzene rings is 2. The van der Waals surface area contributed by atoms with Gasteiger partial charge in [-0.1, -0.05) is 50.6 Å². The number of carbonyl (C=O) groups excluding carboxylic acids is 2. The van der Waals surface area contributed by atoms with Crippen molar-refractivity contribution < 1.29 is 19.1 Å². The molecule has 1 heterocycles. The average Bonchev–Trinajstić information content (AvgIpc) is 3.32. The summed E-state index contributed by atoms with van der Waals surface area (Å²) in [5.74, 6) is 1.25. The molecule has 3 aromatic rings. The summed E-state index contributed by atoms with van der Waals surface area (Å²) in [7, 11) is 3.11. The molecule has 0 fully saturated rings. The lowest BCUT2D eigenvalue weighted by Crippen LogP contribution is -2.45. The summed E-state index contributed by atoms with van der Waals surface area (Å²) >= 11 is 1.68. The van der Waals surface area contributed by atoms with Gasteiger partial charge in [-0.3, -0.25) is 4.79 Å². The van der Waals surface area contributed by atoms with Gasteiger partial charge < -0.3 is 24.6 Å². The topological polar surface area (TPSA) is 71.1 Å². The fourth-order valence-corrected chi connectivity index (χ4v) is 4.78. The van der Waals surface area contributed by atoms with E-state index in [1.54, 1.807) is 48.7 Å². The Morgan fingerprint density at radius 1 is 0.973 bits per heavy atom. The summed E-state index contributed by atoms with van der Waals surface area (Å²) in [5, 5.41) is 2.93. The number of nitrogens with zero attached hydrogens (tertiary/aromatic N) is 2. The van der Waals surface area contributed by atoms with Gasteiger partial charge in [0.2, 0.25) is 5.91 Å². The van der Waals surface area contributed by atoms with E-state index in [2.05, 4.69) is 38.2 Å². The van der Waals surface area contributed by atoms with Crippen molar-refractivity contribution in [2.24, 2.45) is 5.92 Å². The minimum Gasteiger partial charge on any atom is -0.497 e. The van der Waals surface area contributed by atoms with E-state index >= 15 is 0 Å². The molecular formula is C29H37N3O4S. The number of amides is 3. The van der Waals surface area contributed by atoms with Crippen LogP contribution in [0, 0.1) is 12.8 Å². The highest BCUT2D eigenvalue weighted by atomic mass is 32.1. The van der Waals surface area contributed by atoms with Crippen molar-refractivity contribution in [3.8, 4) is 11.5 Å². The Balaban J connectivity index is 1.81. The summed E-state index contributed by atoms with van der Waals surface area (Å²) in [6, 6.07) is 18.9. The molecule has 0 unspecified atom stereocenters. The van der Waals surface area contributed by atoms with Crippen molar-refractivity contribution in [2.75, 3.05) is 32.6 Å². The lowest BCUT2D eigenvalue weighted by Gasteiger charge is -2.29. The molecule has 1 aromatic heterocycles. The number of hydrogen-bond donors (Lipinski definition) is 1. The lowest BCUT2D eigenvalue weighted by atomic mass is 10.1. The second-order valence-electron chi connectivity index (χ2n) is 9.14. The summed E-state index contributed by atoms with van der Waals surface area (Å²) in [6.07, 6.45) is 0.895. The third-order valence-corrected chi connectivity index (χ3v) is 7.19. The first-order valence-corrected chi connectivity index (χ1v) is 13.3. The number of rotatable bonds is 12. The third kappa shape index (κ3) is 8.25. The molecule has 8 heteroatoms.